The van der Waals surface area contributed by atoms with E-state index in [0.29, 0.717) is 10.9 Å². The summed E-state index contributed by atoms with van der Waals surface area (Å²) in [4.78, 5) is 19.2. The normalized spacial score (nSPS) is 14.2. The van der Waals surface area contributed by atoms with E-state index < -0.39 is 0 Å². The smallest absolute Gasteiger partial charge is 0.188 e. The predicted octanol–water partition coefficient (Wildman–Crippen LogP) is 1.76. The molecule has 0 saturated carbocycles. The van der Waals surface area contributed by atoms with Crippen LogP contribution in [0.5, 0.6) is 0 Å². The zero-order valence-electron chi connectivity index (χ0n) is 7.11. The summed E-state index contributed by atoms with van der Waals surface area (Å²) in [5, 5.41) is 0.698. The molecule has 0 bridgehead atoms. The third-order valence-electron chi connectivity index (χ3n) is 1.88. The van der Waals surface area contributed by atoms with Crippen LogP contribution in [-0.2, 0) is 11.5 Å². The lowest BCUT2D eigenvalue weighted by Gasteiger charge is -2.02. The predicted molar refractivity (Wildman–Crippen MR) is 54.2 cm³/mol. The number of rotatable bonds is 2. The van der Waals surface area contributed by atoms with Crippen LogP contribution in [0.2, 0.25) is 0 Å². The molecule has 1 aromatic heterocycles. The SMILES string of the molecule is CSc1nc(C=O)c2c(n1)CSC2. The second-order valence-electron chi connectivity index (χ2n) is 2.63. The molecular formula is C8H8N2OS2. The molecule has 0 aliphatic carbocycles. The minimum Gasteiger partial charge on any atom is -0.296 e. The second-order valence-corrected chi connectivity index (χ2v) is 4.39. The Labute approximate surface area is 84.7 Å². The van der Waals surface area contributed by atoms with E-state index in [0.717, 1.165) is 29.0 Å². The van der Waals surface area contributed by atoms with Crippen molar-refractivity contribution < 1.29 is 4.79 Å². The van der Waals surface area contributed by atoms with Gasteiger partial charge in [-0.25, -0.2) is 9.97 Å². The molecule has 0 unspecified atom stereocenters. The van der Waals surface area contributed by atoms with E-state index in [2.05, 4.69) is 9.97 Å². The van der Waals surface area contributed by atoms with Crippen molar-refractivity contribution in [3.8, 4) is 0 Å². The second kappa shape index (κ2) is 3.67. The molecule has 0 radical (unpaired) electrons. The molecule has 1 aliphatic heterocycles. The van der Waals surface area contributed by atoms with Crippen LogP contribution in [0.25, 0.3) is 0 Å². The van der Waals surface area contributed by atoms with Crippen molar-refractivity contribution in [1.29, 1.82) is 0 Å². The summed E-state index contributed by atoms with van der Waals surface area (Å²) in [7, 11) is 0. The first-order chi connectivity index (χ1) is 6.35. The van der Waals surface area contributed by atoms with Gasteiger partial charge in [-0.15, -0.1) is 0 Å². The monoisotopic (exact) mass is 212 g/mol. The summed E-state index contributed by atoms with van der Waals surface area (Å²) in [6, 6.07) is 0. The lowest BCUT2D eigenvalue weighted by atomic mass is 10.2. The number of fused-ring (bicyclic) bond motifs is 1. The molecule has 68 valence electrons. The van der Waals surface area contributed by atoms with Crippen LogP contribution in [0.3, 0.4) is 0 Å². The van der Waals surface area contributed by atoms with Gasteiger partial charge in [0, 0.05) is 17.1 Å². The Balaban J connectivity index is 2.55. The highest BCUT2D eigenvalue weighted by Crippen LogP contribution is 2.30. The highest BCUT2D eigenvalue weighted by Gasteiger charge is 2.18. The van der Waals surface area contributed by atoms with Crippen LogP contribution in [0.1, 0.15) is 21.7 Å². The summed E-state index contributed by atoms with van der Waals surface area (Å²) < 4.78 is 0. The Hall–Kier alpha value is -0.550. The number of thioether (sulfide) groups is 2. The number of carbonyl (C=O) groups excluding carboxylic acids is 1. The van der Waals surface area contributed by atoms with Gasteiger partial charge in [-0.3, -0.25) is 4.79 Å². The zero-order chi connectivity index (χ0) is 9.26. The number of hydrogen-bond donors (Lipinski definition) is 0. The number of nitrogens with zero attached hydrogens (tertiary/aromatic N) is 2. The Bertz CT molecular complexity index is 354. The topological polar surface area (TPSA) is 42.9 Å². The molecule has 0 N–H and O–H groups in total. The molecule has 0 aromatic carbocycles. The van der Waals surface area contributed by atoms with Crippen LogP contribution in [0, 0.1) is 0 Å². The Kier molecular flexibility index (Phi) is 2.55. The fourth-order valence-electron chi connectivity index (χ4n) is 1.24. The maximum Gasteiger partial charge on any atom is 0.188 e. The van der Waals surface area contributed by atoms with Gasteiger partial charge in [0.2, 0.25) is 0 Å². The van der Waals surface area contributed by atoms with E-state index >= 15 is 0 Å². The van der Waals surface area contributed by atoms with Gasteiger partial charge in [-0.05, 0) is 6.26 Å². The van der Waals surface area contributed by atoms with Crippen LogP contribution in [0.15, 0.2) is 5.16 Å². The maximum atomic E-state index is 10.7. The first-order valence-electron chi connectivity index (χ1n) is 3.82. The lowest BCUT2D eigenvalue weighted by molar-refractivity contribution is 0.111. The van der Waals surface area contributed by atoms with Gasteiger partial charge in [-0.2, -0.15) is 11.8 Å². The summed E-state index contributed by atoms with van der Waals surface area (Å²) in [5.74, 6) is 1.78. The van der Waals surface area contributed by atoms with Crippen LogP contribution < -0.4 is 0 Å². The Morgan fingerprint density at radius 3 is 3.00 bits per heavy atom. The van der Waals surface area contributed by atoms with Crippen LogP contribution >= 0.6 is 23.5 Å². The highest BCUT2D eigenvalue weighted by atomic mass is 32.2. The van der Waals surface area contributed by atoms with E-state index in [9.17, 15) is 4.79 Å². The molecule has 2 rings (SSSR count). The summed E-state index contributed by atoms with van der Waals surface area (Å²) in [6.07, 6.45) is 2.74. The number of carbonyl (C=O) groups is 1. The third-order valence-corrected chi connectivity index (χ3v) is 3.40. The van der Waals surface area contributed by atoms with Gasteiger partial charge < -0.3 is 0 Å². The fourth-order valence-corrected chi connectivity index (χ4v) is 2.69. The van der Waals surface area contributed by atoms with E-state index in [1.807, 2.05) is 6.26 Å². The van der Waals surface area contributed by atoms with Crippen LogP contribution in [0.4, 0.5) is 0 Å². The van der Waals surface area contributed by atoms with Crippen molar-refractivity contribution in [3.63, 3.8) is 0 Å². The molecule has 0 amide bonds. The number of aldehydes is 1. The molecule has 3 nitrogen and oxygen atoms in total. The molecule has 5 heteroatoms. The third kappa shape index (κ3) is 1.58. The van der Waals surface area contributed by atoms with Crippen molar-refractivity contribution in [3.05, 3.63) is 17.0 Å². The van der Waals surface area contributed by atoms with Crippen molar-refractivity contribution in [2.45, 2.75) is 16.7 Å². The van der Waals surface area contributed by atoms with Gasteiger partial charge in [-0.1, -0.05) is 11.8 Å². The van der Waals surface area contributed by atoms with Crippen molar-refractivity contribution >= 4 is 29.8 Å². The fraction of sp³-hybridized carbons (Fsp3) is 0.375. The van der Waals surface area contributed by atoms with Crippen molar-refractivity contribution in [2.75, 3.05) is 6.26 Å². The Morgan fingerprint density at radius 1 is 1.46 bits per heavy atom. The quantitative estimate of drug-likeness (QED) is 0.424. The first kappa shape index (κ1) is 9.02. The van der Waals surface area contributed by atoms with Gasteiger partial charge in [0.15, 0.2) is 11.4 Å². The van der Waals surface area contributed by atoms with Crippen LogP contribution in [-0.4, -0.2) is 22.5 Å². The van der Waals surface area contributed by atoms with E-state index in [1.165, 1.54) is 11.8 Å². The lowest BCUT2D eigenvalue weighted by Crippen LogP contribution is -2.01. The highest BCUT2D eigenvalue weighted by molar-refractivity contribution is 7.98. The molecular weight excluding hydrogens is 204 g/mol. The van der Waals surface area contributed by atoms with Crippen molar-refractivity contribution in [2.24, 2.45) is 0 Å². The summed E-state index contributed by atoms with van der Waals surface area (Å²) in [6.45, 7) is 0. The molecule has 1 aromatic rings. The Morgan fingerprint density at radius 2 is 2.31 bits per heavy atom. The van der Waals surface area contributed by atoms with E-state index in [4.69, 9.17) is 0 Å². The molecule has 0 fully saturated rings. The van der Waals surface area contributed by atoms with Gasteiger partial charge in [0.05, 0.1) is 5.69 Å². The van der Waals surface area contributed by atoms with Gasteiger partial charge in [0.25, 0.3) is 0 Å². The van der Waals surface area contributed by atoms with Gasteiger partial charge in [0.1, 0.15) is 5.69 Å². The molecule has 1 aliphatic rings. The largest absolute Gasteiger partial charge is 0.296 e. The average Bonchev–Trinajstić information content (AvgIpc) is 2.63. The molecule has 0 saturated heterocycles. The van der Waals surface area contributed by atoms with Gasteiger partial charge >= 0.3 is 0 Å². The minimum absolute atomic E-state index is 0.569. The number of aromatic nitrogens is 2. The molecule has 13 heavy (non-hydrogen) atoms. The summed E-state index contributed by atoms with van der Waals surface area (Å²) in [5.41, 5.74) is 2.63. The molecule has 0 spiro atoms. The molecule has 2 heterocycles. The minimum atomic E-state index is 0.569. The zero-order valence-corrected chi connectivity index (χ0v) is 8.74. The molecule has 0 atom stereocenters. The van der Waals surface area contributed by atoms with E-state index in [-0.39, 0.29) is 0 Å². The summed E-state index contributed by atoms with van der Waals surface area (Å²) >= 11 is 3.25. The van der Waals surface area contributed by atoms with Crippen molar-refractivity contribution in [1.82, 2.24) is 9.97 Å². The maximum absolute atomic E-state index is 10.7. The average molecular weight is 212 g/mol. The standard InChI is InChI=1S/C8H8N2OS2/c1-12-8-9-6(2-11)5-3-13-4-7(5)10-8/h2H,3-4H2,1H3. The number of hydrogen-bond acceptors (Lipinski definition) is 5. The van der Waals surface area contributed by atoms with E-state index in [1.54, 1.807) is 11.8 Å². The first-order valence-corrected chi connectivity index (χ1v) is 6.20.